The zero-order valence-corrected chi connectivity index (χ0v) is 27.9. The average molecular weight is 595 g/mol. The van der Waals surface area contributed by atoms with Gasteiger partial charge in [0.15, 0.2) is 0 Å². The van der Waals surface area contributed by atoms with E-state index in [4.69, 9.17) is 9.47 Å². The third-order valence-corrected chi connectivity index (χ3v) is 16.5. The van der Waals surface area contributed by atoms with Gasteiger partial charge < -0.3 is 9.47 Å². The molecule has 12 saturated carbocycles. The van der Waals surface area contributed by atoms with Gasteiger partial charge in [0.1, 0.15) is 18.5 Å². The summed E-state index contributed by atoms with van der Waals surface area (Å²) in [6.07, 6.45) is 27.3. The summed E-state index contributed by atoms with van der Waals surface area (Å²) in [5, 5.41) is 0. The molecule has 1 aromatic carbocycles. The largest absolute Gasteiger partial charge is 0.490 e. The molecule has 0 N–H and O–H groups in total. The molecule has 44 heavy (non-hydrogen) atoms. The van der Waals surface area contributed by atoms with Gasteiger partial charge in [-0.25, -0.2) is 0 Å². The minimum atomic E-state index is 0.330. The van der Waals surface area contributed by atoms with E-state index < -0.39 is 0 Å². The molecule has 238 valence electrons. The summed E-state index contributed by atoms with van der Waals surface area (Å²) in [6.45, 7) is 6.85. The topological polar surface area (TPSA) is 21.8 Å². The predicted molar refractivity (Wildman–Crippen MR) is 175 cm³/mol. The van der Waals surface area contributed by atoms with Crippen molar-refractivity contribution in [3.63, 3.8) is 0 Å². The van der Waals surface area contributed by atoms with Gasteiger partial charge >= 0.3 is 0 Å². The van der Waals surface area contributed by atoms with Gasteiger partial charge in [0.2, 0.25) is 0 Å². The second-order valence-corrected chi connectivity index (χ2v) is 20.1. The first-order chi connectivity index (χ1) is 21.3. The zero-order valence-electron chi connectivity index (χ0n) is 27.9. The maximum absolute atomic E-state index is 7.48. The van der Waals surface area contributed by atoms with Crippen LogP contribution in [0.4, 0.5) is 0 Å². The summed E-state index contributed by atoms with van der Waals surface area (Å²) in [5.74, 6) is 10.8. The Labute approximate surface area is 267 Å². The molecule has 0 radical (unpaired) electrons. The highest BCUT2D eigenvalue weighted by atomic mass is 16.6. The van der Waals surface area contributed by atoms with Crippen LogP contribution in [-0.2, 0) is 21.0 Å². The second kappa shape index (κ2) is 9.11. The molecule has 0 spiro atoms. The maximum Gasteiger partial charge on any atom is 0.127 e. The number of benzene rings is 1. The maximum atomic E-state index is 7.48. The number of rotatable bonds is 7. The van der Waals surface area contributed by atoms with E-state index in [1.54, 1.807) is 11.1 Å². The van der Waals surface area contributed by atoms with E-state index in [1.165, 1.54) is 121 Å². The van der Waals surface area contributed by atoms with Crippen molar-refractivity contribution < 1.29 is 9.47 Å². The fourth-order valence-electron chi connectivity index (χ4n) is 16.4. The lowest BCUT2D eigenvalue weighted by molar-refractivity contribution is -0.0205. The van der Waals surface area contributed by atoms with Gasteiger partial charge in [-0.05, 0) is 197 Å². The molecule has 12 bridgehead atoms. The monoisotopic (exact) mass is 594 g/mol. The molecule has 2 nitrogen and oxygen atoms in total. The third-order valence-electron chi connectivity index (χ3n) is 16.5. The number of hydrogen-bond acceptors (Lipinski definition) is 2. The SMILES string of the molecule is CC(C)c1cc(C23CC4CC(CC(C4)C2)C3)c(OCC2CO2)c(C23CC4CC(CC(C4)C2)C3)c1C12CC3CC(CC(C3)C1)C2. The van der Waals surface area contributed by atoms with Crippen LogP contribution in [0.15, 0.2) is 6.07 Å². The number of epoxide rings is 1. The van der Waals surface area contributed by atoms with E-state index in [9.17, 15) is 0 Å². The van der Waals surface area contributed by atoms with Crippen LogP contribution >= 0.6 is 0 Å². The minimum Gasteiger partial charge on any atom is -0.490 e. The standard InChI is InChI=1S/C42H58O2/c1-24(2)35-12-36(40-13-25-3-26(14-40)5-27(4-25)15-40)39(44-23-34-22-43-34)38(42-19-31-9-32(20-42)11-33(10-31)21-42)37(35)41-16-28-6-29(17-41)8-30(7-28)18-41/h12,24-34H,3-11,13-23H2,1-2H3. The second-order valence-electron chi connectivity index (χ2n) is 20.1. The van der Waals surface area contributed by atoms with E-state index in [-0.39, 0.29) is 0 Å². The molecule has 14 rings (SSSR count). The molecular formula is C42H58O2. The fourth-order valence-corrected chi connectivity index (χ4v) is 16.4. The number of hydrogen-bond donors (Lipinski definition) is 0. The Balaban J connectivity index is 1.19. The Morgan fingerprint density at radius 3 is 1.32 bits per heavy atom. The highest BCUT2D eigenvalue weighted by Gasteiger charge is 2.60. The van der Waals surface area contributed by atoms with Crippen LogP contribution in [0, 0.1) is 53.3 Å². The Morgan fingerprint density at radius 1 is 0.591 bits per heavy atom. The average Bonchev–Trinajstić information content (AvgIpc) is 3.78. The van der Waals surface area contributed by atoms with Crippen molar-refractivity contribution in [3.05, 3.63) is 28.3 Å². The van der Waals surface area contributed by atoms with Crippen molar-refractivity contribution in [1.29, 1.82) is 0 Å². The summed E-state index contributed by atoms with van der Waals surface area (Å²) in [5.41, 5.74) is 8.49. The number of ether oxygens (including phenoxy) is 2. The van der Waals surface area contributed by atoms with Gasteiger partial charge in [0.25, 0.3) is 0 Å². The van der Waals surface area contributed by atoms with Gasteiger partial charge in [0.05, 0.1) is 6.61 Å². The van der Waals surface area contributed by atoms with Gasteiger partial charge in [-0.2, -0.15) is 0 Å². The summed E-state index contributed by atoms with van der Waals surface area (Å²) in [4.78, 5) is 0. The Kier molecular flexibility index (Phi) is 5.59. The molecule has 1 atom stereocenters. The molecule has 13 fully saturated rings. The molecule has 0 amide bonds. The molecular weight excluding hydrogens is 536 g/mol. The van der Waals surface area contributed by atoms with E-state index >= 15 is 0 Å². The lowest BCUT2D eigenvalue weighted by Crippen LogP contribution is -2.53. The van der Waals surface area contributed by atoms with Gasteiger partial charge in [-0.3, -0.25) is 0 Å². The minimum absolute atomic E-state index is 0.330. The van der Waals surface area contributed by atoms with Crippen LogP contribution in [0.3, 0.4) is 0 Å². The van der Waals surface area contributed by atoms with Crippen molar-refractivity contribution >= 4 is 0 Å². The predicted octanol–water partition coefficient (Wildman–Crippen LogP) is 9.99. The molecule has 1 unspecified atom stereocenters. The van der Waals surface area contributed by atoms with Crippen LogP contribution in [0.2, 0.25) is 0 Å². The molecule has 2 heteroatoms. The van der Waals surface area contributed by atoms with E-state index in [0.29, 0.717) is 28.3 Å². The summed E-state index contributed by atoms with van der Waals surface area (Å²) in [7, 11) is 0. The highest BCUT2D eigenvalue weighted by molar-refractivity contribution is 5.61. The Hall–Kier alpha value is -1.02. The zero-order chi connectivity index (χ0) is 29.0. The molecule has 0 aromatic heterocycles. The van der Waals surface area contributed by atoms with E-state index in [2.05, 4.69) is 19.9 Å². The molecule has 1 aliphatic heterocycles. The molecule has 1 aromatic rings. The summed E-state index contributed by atoms with van der Waals surface area (Å²) < 4.78 is 13.4. The van der Waals surface area contributed by atoms with Crippen LogP contribution < -0.4 is 4.74 Å². The van der Waals surface area contributed by atoms with Crippen molar-refractivity contribution in [1.82, 2.24) is 0 Å². The highest BCUT2D eigenvalue weighted by Crippen LogP contribution is 2.70. The van der Waals surface area contributed by atoms with Crippen LogP contribution in [-0.4, -0.2) is 19.3 Å². The van der Waals surface area contributed by atoms with E-state index in [0.717, 1.165) is 66.5 Å². The van der Waals surface area contributed by atoms with Crippen molar-refractivity contribution in [2.24, 2.45) is 53.3 Å². The van der Waals surface area contributed by atoms with Gasteiger partial charge in [0, 0.05) is 16.5 Å². The normalized spacial score (nSPS) is 52.0. The summed E-state index contributed by atoms with van der Waals surface area (Å²) in [6, 6.07) is 2.89. The Bertz CT molecular complexity index is 1260. The van der Waals surface area contributed by atoms with Gasteiger partial charge in [-0.1, -0.05) is 19.9 Å². The third kappa shape index (κ3) is 3.88. The van der Waals surface area contributed by atoms with Crippen molar-refractivity contribution in [2.45, 2.75) is 158 Å². The van der Waals surface area contributed by atoms with Crippen LogP contribution in [0.25, 0.3) is 0 Å². The van der Waals surface area contributed by atoms with E-state index in [1.807, 2.05) is 11.1 Å². The first kappa shape index (κ1) is 27.0. The fraction of sp³-hybridized carbons (Fsp3) is 0.857. The van der Waals surface area contributed by atoms with Gasteiger partial charge in [-0.15, -0.1) is 0 Å². The lowest BCUT2D eigenvalue weighted by Gasteiger charge is -2.62. The van der Waals surface area contributed by atoms with Crippen LogP contribution in [0.1, 0.15) is 158 Å². The smallest absolute Gasteiger partial charge is 0.127 e. The summed E-state index contributed by atoms with van der Waals surface area (Å²) >= 11 is 0. The molecule has 12 aliphatic carbocycles. The molecule has 1 saturated heterocycles. The molecule has 13 aliphatic rings. The quantitative estimate of drug-likeness (QED) is 0.293. The van der Waals surface area contributed by atoms with Crippen molar-refractivity contribution in [3.8, 4) is 5.75 Å². The Morgan fingerprint density at radius 2 is 0.955 bits per heavy atom. The lowest BCUT2D eigenvalue weighted by atomic mass is 9.42. The first-order valence-corrected chi connectivity index (χ1v) is 19.8. The first-order valence-electron chi connectivity index (χ1n) is 19.8. The molecule has 1 heterocycles. The van der Waals surface area contributed by atoms with Crippen LogP contribution in [0.5, 0.6) is 5.75 Å². The van der Waals surface area contributed by atoms with Crippen molar-refractivity contribution in [2.75, 3.05) is 13.2 Å².